The lowest BCUT2D eigenvalue weighted by Gasteiger charge is -2.23. The summed E-state index contributed by atoms with van der Waals surface area (Å²) >= 11 is 2.29. The predicted molar refractivity (Wildman–Crippen MR) is 167 cm³/mol. The molecular weight excluding hydrogens is 656 g/mol. The summed E-state index contributed by atoms with van der Waals surface area (Å²) in [5, 5.41) is 10.7. The first-order chi connectivity index (χ1) is 20.3. The van der Waals surface area contributed by atoms with E-state index < -0.39 is 12.6 Å². The van der Waals surface area contributed by atoms with Crippen LogP contribution in [0.2, 0.25) is 0 Å². The van der Waals surface area contributed by atoms with Crippen molar-refractivity contribution < 1.29 is 22.6 Å². The molecule has 2 unspecified atom stereocenters. The van der Waals surface area contributed by atoms with Crippen LogP contribution in [0, 0.1) is 24.2 Å². The van der Waals surface area contributed by atoms with Gasteiger partial charge in [-0.25, -0.2) is 9.36 Å². The highest BCUT2D eigenvalue weighted by molar-refractivity contribution is 14.1. The van der Waals surface area contributed by atoms with Gasteiger partial charge in [0.2, 0.25) is 0 Å². The van der Waals surface area contributed by atoms with Gasteiger partial charge in [-0.15, -0.1) is 6.42 Å². The summed E-state index contributed by atoms with van der Waals surface area (Å²) in [6.45, 7) is 3.67. The normalized spacial score (nSPS) is 18.6. The van der Waals surface area contributed by atoms with Gasteiger partial charge in [-0.05, 0) is 79.4 Å². The molecule has 2 saturated heterocycles. The number of aromatic nitrogens is 4. The van der Waals surface area contributed by atoms with Gasteiger partial charge in [0.15, 0.2) is 12.5 Å². The molecule has 2 aromatic carbocycles. The second-order valence-corrected chi connectivity index (χ2v) is 11.4. The van der Waals surface area contributed by atoms with Crippen LogP contribution in [-0.2, 0) is 9.47 Å². The van der Waals surface area contributed by atoms with E-state index in [1.165, 1.54) is 10.8 Å². The van der Waals surface area contributed by atoms with Crippen LogP contribution in [0.1, 0.15) is 75.5 Å². The minimum absolute atomic E-state index is 0.0617. The number of hydrogen-bond acceptors (Lipinski definition) is 4. The van der Waals surface area contributed by atoms with Crippen LogP contribution >= 0.6 is 22.6 Å². The predicted octanol–water partition coefficient (Wildman–Crippen LogP) is 8.20. The molecule has 6 nitrogen and oxygen atoms in total. The Hall–Kier alpha value is -3.06. The summed E-state index contributed by atoms with van der Waals surface area (Å²) in [5.41, 5.74) is 3.45. The van der Waals surface area contributed by atoms with Gasteiger partial charge in [0.05, 0.1) is 23.4 Å². The minimum atomic E-state index is -4.25. The summed E-state index contributed by atoms with van der Waals surface area (Å²) in [4.78, 5) is 0. The molecule has 2 aromatic heterocycles. The van der Waals surface area contributed by atoms with Crippen molar-refractivity contribution in [2.75, 3.05) is 17.6 Å². The molecule has 2 aliphatic heterocycles. The number of halogens is 4. The van der Waals surface area contributed by atoms with E-state index >= 15 is 0 Å². The van der Waals surface area contributed by atoms with Crippen molar-refractivity contribution in [1.29, 1.82) is 0 Å². The molecule has 2 fully saturated rings. The number of terminal acetylenes is 1. The lowest BCUT2D eigenvalue weighted by Crippen LogP contribution is -2.18. The average Bonchev–Trinajstić information content (AvgIpc) is 3.62. The van der Waals surface area contributed by atoms with Crippen molar-refractivity contribution in [1.82, 2.24) is 19.6 Å². The molecule has 0 bridgehead atoms. The van der Waals surface area contributed by atoms with Crippen LogP contribution in [0.15, 0.2) is 48.8 Å². The topological polar surface area (TPSA) is 54.1 Å². The molecule has 4 aromatic rings. The van der Waals surface area contributed by atoms with Crippen molar-refractivity contribution in [2.24, 2.45) is 0 Å². The summed E-state index contributed by atoms with van der Waals surface area (Å²) in [6.07, 6.45) is 10.1. The van der Waals surface area contributed by atoms with Gasteiger partial charge in [0, 0.05) is 35.1 Å². The van der Waals surface area contributed by atoms with E-state index in [-0.39, 0.29) is 12.5 Å². The highest BCUT2D eigenvalue weighted by Crippen LogP contribution is 2.28. The van der Waals surface area contributed by atoms with Crippen molar-refractivity contribution in [3.8, 4) is 24.2 Å². The highest BCUT2D eigenvalue weighted by Gasteiger charge is 2.25. The molecule has 0 radical (unpaired) electrons. The van der Waals surface area contributed by atoms with E-state index in [0.29, 0.717) is 5.56 Å². The Balaban J connectivity index is 0.000000181. The number of alkyl halides is 4. The lowest BCUT2D eigenvalue weighted by molar-refractivity contribution is -0.123. The third-order valence-electron chi connectivity index (χ3n) is 6.74. The van der Waals surface area contributed by atoms with Gasteiger partial charge in [-0.1, -0.05) is 47.3 Å². The molecule has 0 aliphatic carbocycles. The summed E-state index contributed by atoms with van der Waals surface area (Å²) in [6, 6.07) is 11.3. The number of fused-ring (bicyclic) bond motifs is 2. The zero-order valence-electron chi connectivity index (χ0n) is 23.5. The van der Waals surface area contributed by atoms with Gasteiger partial charge in [-0.3, -0.25) is 0 Å². The Bertz CT molecular complexity index is 1550. The maximum absolute atomic E-state index is 12.1. The Morgan fingerprint density at radius 3 is 1.83 bits per heavy atom. The zero-order chi connectivity index (χ0) is 30.0. The molecule has 10 heteroatoms. The van der Waals surface area contributed by atoms with Crippen molar-refractivity contribution >= 4 is 44.4 Å². The number of ether oxygens (including phenoxy) is 2. The minimum Gasteiger partial charge on any atom is -0.356 e. The largest absolute Gasteiger partial charge is 0.399 e. The van der Waals surface area contributed by atoms with Crippen LogP contribution in [0.3, 0.4) is 0 Å². The molecule has 42 heavy (non-hydrogen) atoms. The molecule has 0 saturated carbocycles. The first-order valence-corrected chi connectivity index (χ1v) is 15.6. The van der Waals surface area contributed by atoms with Gasteiger partial charge in [-0.2, -0.15) is 23.4 Å². The SMILES string of the molecule is C#Cc1ccc2c(cnn2C2CCCCO2)c1.CCI.FC(F)(F)CC#Cc1ccc2c(cnn2C2CCCCO2)c1. The van der Waals surface area contributed by atoms with E-state index in [0.717, 1.165) is 72.7 Å². The Kier molecular flexibility index (Phi) is 11.7. The van der Waals surface area contributed by atoms with E-state index in [2.05, 4.69) is 57.5 Å². The molecular formula is C32H34F3IN4O2. The Morgan fingerprint density at radius 1 is 0.881 bits per heavy atom. The van der Waals surface area contributed by atoms with E-state index in [9.17, 15) is 13.2 Å². The number of benzene rings is 2. The van der Waals surface area contributed by atoms with Crippen molar-refractivity contribution in [3.05, 3.63) is 59.9 Å². The number of rotatable bonds is 2. The summed E-state index contributed by atoms with van der Waals surface area (Å²) in [5.74, 6) is 7.33. The molecule has 2 atom stereocenters. The molecule has 6 rings (SSSR count). The molecule has 2 aliphatic rings. The quantitative estimate of drug-likeness (QED) is 0.121. The third-order valence-corrected chi connectivity index (χ3v) is 6.74. The Morgan fingerprint density at radius 2 is 1.38 bits per heavy atom. The van der Waals surface area contributed by atoms with E-state index in [1.54, 1.807) is 18.3 Å². The van der Waals surface area contributed by atoms with E-state index in [1.807, 2.05) is 39.8 Å². The molecule has 0 amide bonds. The standard InChI is InChI=1S/C16H15F3N2O.C14H14N2O.C2H5I/c17-16(18,19)8-3-4-12-6-7-14-13(10-12)11-20-21(14)15-5-1-2-9-22-15;1-2-11-6-7-13-12(9-11)10-15-16(13)14-5-3-4-8-17-14;1-2-3/h6-7,10-11,15H,1-2,5,8-9H2;1,6-7,9-10,14H,3-5,8H2;2H2,1H3. The average molecular weight is 691 g/mol. The summed E-state index contributed by atoms with van der Waals surface area (Å²) < 4.78 is 52.8. The van der Waals surface area contributed by atoms with Crippen LogP contribution < -0.4 is 0 Å². The van der Waals surface area contributed by atoms with Crippen molar-refractivity contribution in [3.63, 3.8) is 0 Å². The summed E-state index contributed by atoms with van der Waals surface area (Å²) in [7, 11) is 0. The first kappa shape index (κ1) is 31.9. The van der Waals surface area contributed by atoms with Crippen LogP contribution in [0.5, 0.6) is 0 Å². The van der Waals surface area contributed by atoms with Crippen LogP contribution in [0.25, 0.3) is 21.8 Å². The van der Waals surface area contributed by atoms with Gasteiger partial charge < -0.3 is 9.47 Å². The second-order valence-electron chi connectivity index (χ2n) is 9.87. The molecule has 0 spiro atoms. The fraction of sp³-hybridized carbons (Fsp3) is 0.438. The molecule has 4 heterocycles. The lowest BCUT2D eigenvalue weighted by atomic mass is 10.1. The first-order valence-electron chi connectivity index (χ1n) is 14.1. The molecule has 222 valence electrons. The van der Waals surface area contributed by atoms with Gasteiger partial charge in [0.1, 0.15) is 6.42 Å². The second kappa shape index (κ2) is 15.4. The maximum atomic E-state index is 12.1. The van der Waals surface area contributed by atoms with E-state index in [4.69, 9.17) is 15.9 Å². The zero-order valence-corrected chi connectivity index (χ0v) is 25.7. The smallest absolute Gasteiger partial charge is 0.356 e. The van der Waals surface area contributed by atoms with Gasteiger partial charge >= 0.3 is 6.18 Å². The Labute approximate surface area is 258 Å². The van der Waals surface area contributed by atoms with Crippen molar-refractivity contribution in [2.45, 2.75) is 70.5 Å². The highest BCUT2D eigenvalue weighted by atomic mass is 127. The van der Waals surface area contributed by atoms with Crippen LogP contribution in [-0.4, -0.2) is 43.4 Å². The molecule has 0 N–H and O–H groups in total. The fourth-order valence-electron chi connectivity index (χ4n) is 4.81. The third kappa shape index (κ3) is 8.73. The number of nitrogens with zero attached hydrogens (tertiary/aromatic N) is 4. The van der Waals surface area contributed by atoms with Gasteiger partial charge in [0.25, 0.3) is 0 Å². The number of hydrogen-bond donors (Lipinski definition) is 0. The monoisotopic (exact) mass is 690 g/mol. The van der Waals surface area contributed by atoms with Crippen LogP contribution in [0.4, 0.5) is 13.2 Å². The fourth-order valence-corrected chi connectivity index (χ4v) is 4.81. The maximum Gasteiger partial charge on any atom is 0.399 e.